The van der Waals surface area contributed by atoms with Gasteiger partial charge in [-0.05, 0) is 49.4 Å². The Balaban J connectivity index is 2.15. The molecule has 0 radical (unpaired) electrons. The molecule has 4 nitrogen and oxygen atoms in total. The van der Waals surface area contributed by atoms with Crippen LogP contribution < -0.4 is 15.4 Å². The fourth-order valence-electron chi connectivity index (χ4n) is 1.92. The summed E-state index contributed by atoms with van der Waals surface area (Å²) < 4.78 is 6.12. The molecule has 21 heavy (non-hydrogen) atoms. The number of carbonyl (C=O) groups is 1. The van der Waals surface area contributed by atoms with Crippen LogP contribution in [0.2, 0.25) is 0 Å². The molecular weight excluding hydrogens is 332 g/mol. The van der Waals surface area contributed by atoms with E-state index in [1.165, 1.54) is 0 Å². The van der Waals surface area contributed by atoms with Crippen LogP contribution in [0.25, 0.3) is 0 Å². The number of hydrogen-bond donors (Lipinski definition) is 2. The van der Waals surface area contributed by atoms with Crippen molar-refractivity contribution in [3.05, 3.63) is 52.5 Å². The highest BCUT2D eigenvalue weighted by Gasteiger charge is 2.10. The average molecular weight is 349 g/mol. The van der Waals surface area contributed by atoms with Gasteiger partial charge in [-0.1, -0.05) is 15.9 Å². The number of hydrogen-bond acceptors (Lipinski definition) is 3. The summed E-state index contributed by atoms with van der Waals surface area (Å²) in [5.41, 5.74) is 2.22. The highest BCUT2D eigenvalue weighted by Crippen LogP contribution is 2.28. The molecule has 0 aliphatic heterocycles. The maximum absolute atomic E-state index is 12.3. The summed E-state index contributed by atoms with van der Waals surface area (Å²) in [7, 11) is 1.57. The number of nitrogens with one attached hydrogen (secondary N) is 2. The van der Waals surface area contributed by atoms with Crippen molar-refractivity contribution in [2.24, 2.45) is 0 Å². The van der Waals surface area contributed by atoms with Crippen molar-refractivity contribution in [3.63, 3.8) is 0 Å². The van der Waals surface area contributed by atoms with Gasteiger partial charge in [0.2, 0.25) is 0 Å². The molecule has 0 unspecified atom stereocenters. The van der Waals surface area contributed by atoms with Gasteiger partial charge in [-0.15, -0.1) is 0 Å². The van der Waals surface area contributed by atoms with Crippen molar-refractivity contribution in [1.82, 2.24) is 0 Å². The van der Waals surface area contributed by atoms with Crippen LogP contribution in [0.3, 0.4) is 0 Å². The number of ether oxygens (including phenoxy) is 1. The third kappa shape index (κ3) is 3.98. The van der Waals surface area contributed by atoms with Gasteiger partial charge >= 0.3 is 0 Å². The van der Waals surface area contributed by atoms with Gasteiger partial charge in [-0.2, -0.15) is 0 Å². The number of carbonyl (C=O) groups excluding carboxylic acids is 1. The van der Waals surface area contributed by atoms with E-state index >= 15 is 0 Å². The molecule has 0 aliphatic carbocycles. The average Bonchev–Trinajstić information content (AvgIpc) is 2.48. The first-order valence-electron chi connectivity index (χ1n) is 6.63. The molecule has 0 fully saturated rings. The summed E-state index contributed by atoms with van der Waals surface area (Å²) in [6, 6.07) is 12.8. The van der Waals surface area contributed by atoms with Gasteiger partial charge in [-0.3, -0.25) is 4.79 Å². The van der Waals surface area contributed by atoms with Crippen molar-refractivity contribution < 1.29 is 9.53 Å². The maximum Gasteiger partial charge on any atom is 0.255 e. The van der Waals surface area contributed by atoms with Gasteiger partial charge in [0, 0.05) is 22.3 Å². The van der Waals surface area contributed by atoms with Gasteiger partial charge in [-0.25, -0.2) is 0 Å². The zero-order chi connectivity index (χ0) is 15.2. The molecule has 0 aromatic heterocycles. The molecule has 0 saturated heterocycles. The molecule has 2 aromatic carbocycles. The SMILES string of the molecule is CCNc1ccc(C(=O)Nc2cc(Br)ccc2OC)cc1. The van der Waals surface area contributed by atoms with E-state index in [-0.39, 0.29) is 5.91 Å². The monoisotopic (exact) mass is 348 g/mol. The second-order valence-corrected chi connectivity index (χ2v) is 5.32. The molecule has 2 aromatic rings. The highest BCUT2D eigenvalue weighted by molar-refractivity contribution is 9.10. The minimum Gasteiger partial charge on any atom is -0.495 e. The van der Waals surface area contributed by atoms with E-state index in [0.29, 0.717) is 17.0 Å². The lowest BCUT2D eigenvalue weighted by molar-refractivity contribution is 0.102. The Hall–Kier alpha value is -2.01. The Kier molecular flexibility index (Phi) is 5.22. The lowest BCUT2D eigenvalue weighted by Crippen LogP contribution is -2.12. The zero-order valence-corrected chi connectivity index (χ0v) is 13.5. The van der Waals surface area contributed by atoms with Crippen LogP contribution in [0.1, 0.15) is 17.3 Å². The van der Waals surface area contributed by atoms with E-state index in [4.69, 9.17) is 4.74 Å². The van der Waals surface area contributed by atoms with Crippen LogP contribution in [0, 0.1) is 0 Å². The van der Waals surface area contributed by atoms with Crippen molar-refractivity contribution in [2.75, 3.05) is 24.3 Å². The fraction of sp³-hybridized carbons (Fsp3) is 0.188. The molecule has 0 bridgehead atoms. The van der Waals surface area contributed by atoms with E-state index in [1.54, 1.807) is 25.3 Å². The first kappa shape index (κ1) is 15.4. The molecule has 0 spiro atoms. The lowest BCUT2D eigenvalue weighted by atomic mass is 10.2. The Labute approximate surface area is 132 Å². The normalized spacial score (nSPS) is 10.0. The summed E-state index contributed by atoms with van der Waals surface area (Å²) in [4.78, 5) is 12.3. The van der Waals surface area contributed by atoms with Crippen molar-refractivity contribution in [1.29, 1.82) is 0 Å². The second kappa shape index (κ2) is 7.13. The topological polar surface area (TPSA) is 50.4 Å². The summed E-state index contributed by atoms with van der Waals surface area (Å²) in [6.45, 7) is 2.88. The van der Waals surface area contributed by atoms with Crippen LogP contribution in [0.15, 0.2) is 46.9 Å². The van der Waals surface area contributed by atoms with E-state index in [0.717, 1.165) is 16.7 Å². The van der Waals surface area contributed by atoms with E-state index in [1.807, 2.05) is 31.2 Å². The first-order chi connectivity index (χ1) is 10.1. The molecule has 2 N–H and O–H groups in total. The van der Waals surface area contributed by atoms with Crippen LogP contribution in [0.5, 0.6) is 5.75 Å². The molecule has 110 valence electrons. The first-order valence-corrected chi connectivity index (χ1v) is 7.42. The van der Waals surface area contributed by atoms with Crippen LogP contribution in [-0.4, -0.2) is 19.6 Å². The highest BCUT2D eigenvalue weighted by atomic mass is 79.9. The Morgan fingerprint density at radius 3 is 2.52 bits per heavy atom. The fourth-order valence-corrected chi connectivity index (χ4v) is 2.28. The van der Waals surface area contributed by atoms with Crippen molar-refractivity contribution in [2.45, 2.75) is 6.92 Å². The summed E-state index contributed by atoms with van der Waals surface area (Å²) in [5.74, 6) is 0.449. The smallest absolute Gasteiger partial charge is 0.255 e. The molecule has 2 rings (SSSR count). The largest absolute Gasteiger partial charge is 0.495 e. The van der Waals surface area contributed by atoms with Crippen molar-refractivity contribution >= 4 is 33.2 Å². The number of benzene rings is 2. The molecule has 0 atom stereocenters. The van der Waals surface area contributed by atoms with Crippen molar-refractivity contribution in [3.8, 4) is 5.75 Å². The summed E-state index contributed by atoms with van der Waals surface area (Å²) in [5, 5.41) is 6.05. The summed E-state index contributed by atoms with van der Waals surface area (Å²) >= 11 is 3.38. The summed E-state index contributed by atoms with van der Waals surface area (Å²) in [6.07, 6.45) is 0. The zero-order valence-electron chi connectivity index (χ0n) is 11.9. The predicted molar refractivity (Wildman–Crippen MR) is 89.3 cm³/mol. The maximum atomic E-state index is 12.3. The van der Waals surface area contributed by atoms with E-state index < -0.39 is 0 Å². The van der Waals surface area contributed by atoms with Crippen LogP contribution in [-0.2, 0) is 0 Å². The predicted octanol–water partition coefficient (Wildman–Crippen LogP) is 4.14. The van der Waals surface area contributed by atoms with E-state index in [2.05, 4.69) is 26.6 Å². The lowest BCUT2D eigenvalue weighted by Gasteiger charge is -2.11. The van der Waals surface area contributed by atoms with Gasteiger partial charge < -0.3 is 15.4 Å². The molecule has 0 saturated carbocycles. The molecule has 0 heterocycles. The molecular formula is C16H17BrN2O2. The standard InChI is InChI=1S/C16H17BrN2O2/c1-3-18-13-7-4-11(5-8-13)16(20)19-14-10-12(17)6-9-15(14)21-2/h4-10,18H,3H2,1-2H3,(H,19,20). The molecule has 1 amide bonds. The Morgan fingerprint density at radius 2 is 1.90 bits per heavy atom. The third-order valence-electron chi connectivity index (χ3n) is 2.94. The minimum atomic E-state index is -0.172. The van der Waals surface area contributed by atoms with E-state index in [9.17, 15) is 4.79 Å². The van der Waals surface area contributed by atoms with Gasteiger partial charge in [0.05, 0.1) is 12.8 Å². The minimum absolute atomic E-state index is 0.172. The second-order valence-electron chi connectivity index (χ2n) is 4.41. The van der Waals surface area contributed by atoms with Gasteiger partial charge in [0.1, 0.15) is 5.75 Å². The molecule has 0 aliphatic rings. The quantitative estimate of drug-likeness (QED) is 0.853. The van der Waals surface area contributed by atoms with Gasteiger partial charge in [0.15, 0.2) is 0 Å². The van der Waals surface area contributed by atoms with Crippen LogP contribution >= 0.6 is 15.9 Å². The Morgan fingerprint density at radius 1 is 1.19 bits per heavy atom. The van der Waals surface area contributed by atoms with Gasteiger partial charge in [0.25, 0.3) is 5.91 Å². The molecule has 5 heteroatoms. The number of methoxy groups -OCH3 is 1. The third-order valence-corrected chi connectivity index (χ3v) is 3.43. The van der Waals surface area contributed by atoms with Crippen LogP contribution in [0.4, 0.5) is 11.4 Å². The number of amides is 1. The number of anilines is 2. The Bertz CT molecular complexity index is 627. The number of halogens is 1. The number of rotatable bonds is 5.